The molecule has 0 fully saturated rings. The van der Waals surface area contributed by atoms with Crippen molar-refractivity contribution in [3.8, 4) is 0 Å². The van der Waals surface area contributed by atoms with Crippen LogP contribution in [0.3, 0.4) is 0 Å². The van der Waals surface area contributed by atoms with Crippen molar-refractivity contribution >= 4 is 35.2 Å². The Bertz CT molecular complexity index is 1650. The number of hydrogen-bond donors (Lipinski definition) is 3. The third-order valence-corrected chi connectivity index (χ3v) is 7.26. The van der Waals surface area contributed by atoms with Crippen LogP contribution < -0.4 is 15.5 Å². The fourth-order valence-corrected chi connectivity index (χ4v) is 4.84. The predicted octanol–water partition coefficient (Wildman–Crippen LogP) is 4.46. The van der Waals surface area contributed by atoms with Gasteiger partial charge in [0.15, 0.2) is 0 Å². The molecule has 1 aliphatic rings. The minimum absolute atomic E-state index is 0.00957. The predicted molar refractivity (Wildman–Crippen MR) is 174 cm³/mol. The normalized spacial score (nSPS) is 14.2. The highest BCUT2D eigenvalue weighted by molar-refractivity contribution is 6.04. The van der Waals surface area contributed by atoms with Gasteiger partial charge in [-0.25, -0.2) is 4.98 Å². The van der Waals surface area contributed by atoms with Crippen LogP contribution in [0.25, 0.3) is 0 Å². The average molecular weight is 594 g/mol. The van der Waals surface area contributed by atoms with Crippen molar-refractivity contribution in [3.05, 3.63) is 106 Å². The van der Waals surface area contributed by atoms with Gasteiger partial charge in [-0.1, -0.05) is 60.2 Å². The summed E-state index contributed by atoms with van der Waals surface area (Å²) in [5.41, 5.74) is 7.31. The molecular formula is C34H39N7O3. The number of hydrogen-bond acceptors (Lipinski definition) is 7. The highest BCUT2D eigenvalue weighted by Crippen LogP contribution is 2.29. The molecule has 0 radical (unpaired) electrons. The van der Waals surface area contributed by atoms with E-state index in [1.165, 1.54) is 21.6 Å². The smallest absolute Gasteiger partial charge is 0.291 e. The number of benzene rings is 3. The molecule has 0 aliphatic carbocycles. The first-order valence-electron chi connectivity index (χ1n) is 14.5. The number of H-pyrrole nitrogens is 1. The Kier molecular flexibility index (Phi) is 10.7. The molecule has 0 unspecified atom stereocenters. The highest BCUT2D eigenvalue weighted by Gasteiger charge is 2.30. The maximum atomic E-state index is 13.1. The molecule has 2 heterocycles. The molecule has 2 amide bonds. The SMILES string of the molecule is CC(=O)CCc1ccc2c(c1)N(C)C(=O)[C@@H](NC(=O)c1n[nH]c(Cc3ccccc3)n1)CN2.CN=Cc1ccc(C)cc1C. The van der Waals surface area contributed by atoms with Crippen LogP contribution in [0.4, 0.5) is 11.4 Å². The van der Waals surface area contributed by atoms with Crippen molar-refractivity contribution in [2.24, 2.45) is 4.99 Å². The topological polar surface area (TPSA) is 132 Å². The Balaban J connectivity index is 0.000000339. The number of ketones is 1. The van der Waals surface area contributed by atoms with Crippen LogP contribution in [0.2, 0.25) is 0 Å². The zero-order chi connectivity index (χ0) is 31.6. The summed E-state index contributed by atoms with van der Waals surface area (Å²) in [6.45, 7) is 5.99. The summed E-state index contributed by atoms with van der Waals surface area (Å²) >= 11 is 0. The number of fused-ring (bicyclic) bond motifs is 1. The van der Waals surface area contributed by atoms with Crippen LogP contribution in [0.5, 0.6) is 0 Å². The number of aromatic nitrogens is 3. The van der Waals surface area contributed by atoms with E-state index in [9.17, 15) is 14.4 Å². The van der Waals surface area contributed by atoms with E-state index in [1.54, 1.807) is 21.0 Å². The van der Waals surface area contributed by atoms with Gasteiger partial charge in [0, 0.05) is 39.7 Å². The number of rotatable bonds is 8. The van der Waals surface area contributed by atoms with Gasteiger partial charge in [0.2, 0.25) is 5.82 Å². The third-order valence-electron chi connectivity index (χ3n) is 7.26. The number of anilines is 2. The molecule has 1 atom stereocenters. The largest absolute Gasteiger partial charge is 0.381 e. The van der Waals surface area contributed by atoms with Crippen molar-refractivity contribution in [2.75, 3.05) is 30.9 Å². The van der Waals surface area contributed by atoms with Crippen LogP contribution in [0.1, 0.15) is 57.6 Å². The Morgan fingerprint density at radius 3 is 2.55 bits per heavy atom. The average Bonchev–Trinajstić information content (AvgIpc) is 3.44. The first-order chi connectivity index (χ1) is 21.1. The summed E-state index contributed by atoms with van der Waals surface area (Å²) < 4.78 is 0. The molecular weight excluding hydrogens is 554 g/mol. The minimum Gasteiger partial charge on any atom is -0.381 e. The number of nitrogens with one attached hydrogen (secondary N) is 3. The summed E-state index contributed by atoms with van der Waals surface area (Å²) in [4.78, 5) is 46.9. The number of Topliss-reactive ketones (excluding diaryl/α,β-unsaturated/α-hetero) is 1. The van der Waals surface area contributed by atoms with E-state index in [4.69, 9.17) is 0 Å². The van der Waals surface area contributed by atoms with Crippen molar-refractivity contribution in [1.82, 2.24) is 20.5 Å². The number of carbonyl (C=O) groups excluding carboxylic acids is 3. The van der Waals surface area contributed by atoms with E-state index < -0.39 is 11.9 Å². The molecule has 10 heteroatoms. The quantitative estimate of drug-likeness (QED) is 0.259. The van der Waals surface area contributed by atoms with Crippen LogP contribution in [-0.2, 0) is 22.4 Å². The molecule has 3 N–H and O–H groups in total. The molecule has 10 nitrogen and oxygen atoms in total. The Hall–Kier alpha value is -5.12. The van der Waals surface area contributed by atoms with E-state index in [1.807, 2.05) is 54.7 Å². The standard InChI is InChI=1S/C24H26N6O3.C10H13N/c1-15(31)8-9-17-10-11-18-20(12-17)30(2)24(33)19(14-25-18)26-23(32)22-27-21(28-29-22)13-16-6-4-3-5-7-16;1-8-4-5-10(7-11-3)9(2)6-8/h3-7,10-12,19,25H,8-9,13-14H2,1-2H3,(H,26,32)(H,27,28,29);4-7H,1-3H3/t19-;/m0./s1. The van der Waals surface area contributed by atoms with E-state index >= 15 is 0 Å². The van der Waals surface area contributed by atoms with Crippen LogP contribution in [0, 0.1) is 13.8 Å². The van der Waals surface area contributed by atoms with Gasteiger partial charge in [-0.05, 0) is 61.6 Å². The number of aromatic amines is 1. The highest BCUT2D eigenvalue weighted by atomic mass is 16.2. The zero-order valence-corrected chi connectivity index (χ0v) is 25.8. The summed E-state index contributed by atoms with van der Waals surface area (Å²) in [5, 5.41) is 12.8. The third kappa shape index (κ3) is 8.47. The monoisotopic (exact) mass is 593 g/mol. The maximum absolute atomic E-state index is 13.1. The fraction of sp³-hybridized carbons (Fsp3) is 0.294. The van der Waals surface area contributed by atoms with Crippen molar-refractivity contribution in [1.29, 1.82) is 0 Å². The Morgan fingerprint density at radius 2 is 1.84 bits per heavy atom. The number of aryl methyl sites for hydroxylation is 3. The van der Waals surface area contributed by atoms with Gasteiger partial charge >= 0.3 is 0 Å². The molecule has 228 valence electrons. The second kappa shape index (κ2) is 14.9. The molecule has 0 spiro atoms. The van der Waals surface area contributed by atoms with Crippen molar-refractivity contribution < 1.29 is 14.4 Å². The second-order valence-corrected chi connectivity index (χ2v) is 10.9. The molecule has 5 rings (SSSR count). The van der Waals surface area contributed by atoms with E-state index in [0.29, 0.717) is 30.8 Å². The van der Waals surface area contributed by atoms with E-state index in [-0.39, 0.29) is 24.1 Å². The number of aliphatic imine (C=N–C) groups is 1. The van der Waals surface area contributed by atoms with Crippen molar-refractivity contribution in [2.45, 2.75) is 46.1 Å². The lowest BCUT2D eigenvalue weighted by Crippen LogP contribution is -2.49. The summed E-state index contributed by atoms with van der Waals surface area (Å²) in [6, 6.07) is 21.0. The Labute approximate surface area is 258 Å². The molecule has 4 aromatic rings. The van der Waals surface area contributed by atoms with Crippen LogP contribution in [0.15, 0.2) is 71.7 Å². The molecule has 1 aliphatic heterocycles. The van der Waals surface area contributed by atoms with Gasteiger partial charge in [0.05, 0.1) is 11.4 Å². The van der Waals surface area contributed by atoms with Gasteiger partial charge in [-0.15, -0.1) is 5.10 Å². The molecule has 0 bridgehead atoms. The minimum atomic E-state index is -0.786. The second-order valence-electron chi connectivity index (χ2n) is 10.9. The van der Waals surface area contributed by atoms with Crippen LogP contribution >= 0.6 is 0 Å². The number of amides is 2. The van der Waals surface area contributed by atoms with E-state index in [0.717, 1.165) is 16.8 Å². The van der Waals surface area contributed by atoms with Gasteiger partial charge in [-0.3, -0.25) is 19.7 Å². The lowest BCUT2D eigenvalue weighted by atomic mass is 10.1. The number of carbonyl (C=O) groups is 3. The van der Waals surface area contributed by atoms with E-state index in [2.05, 4.69) is 62.9 Å². The first kappa shape index (κ1) is 31.8. The summed E-state index contributed by atoms with van der Waals surface area (Å²) in [6.07, 6.45) is 3.47. The van der Waals surface area contributed by atoms with Gasteiger partial charge in [0.25, 0.3) is 11.8 Å². The first-order valence-corrected chi connectivity index (χ1v) is 14.5. The van der Waals surface area contributed by atoms with Crippen molar-refractivity contribution in [3.63, 3.8) is 0 Å². The number of nitrogens with zero attached hydrogens (tertiary/aromatic N) is 4. The maximum Gasteiger partial charge on any atom is 0.291 e. The van der Waals surface area contributed by atoms with Gasteiger partial charge in [-0.2, -0.15) is 0 Å². The van der Waals surface area contributed by atoms with Gasteiger partial charge < -0.3 is 20.3 Å². The molecule has 3 aromatic carbocycles. The van der Waals surface area contributed by atoms with Gasteiger partial charge in [0.1, 0.15) is 17.6 Å². The zero-order valence-electron chi connectivity index (χ0n) is 25.8. The molecule has 1 aromatic heterocycles. The fourth-order valence-electron chi connectivity index (χ4n) is 4.84. The Morgan fingerprint density at radius 1 is 1.07 bits per heavy atom. The molecule has 0 saturated heterocycles. The molecule has 44 heavy (non-hydrogen) atoms. The summed E-state index contributed by atoms with van der Waals surface area (Å²) in [7, 11) is 3.46. The summed E-state index contributed by atoms with van der Waals surface area (Å²) in [5.74, 6) is -0.0938. The van der Waals surface area contributed by atoms with Crippen LogP contribution in [-0.4, -0.2) is 65.7 Å². The number of likely N-dealkylation sites (N-methyl/N-ethyl adjacent to an activating group) is 1. The lowest BCUT2D eigenvalue weighted by Gasteiger charge is -2.21. The molecule has 0 saturated carbocycles. The lowest BCUT2D eigenvalue weighted by molar-refractivity contribution is -0.120.